The Bertz CT molecular complexity index is 141. The second kappa shape index (κ2) is 4.06. The first-order valence-corrected chi connectivity index (χ1v) is 3.12. The Morgan fingerprint density at radius 1 is 1.44 bits per heavy atom. The van der Waals surface area contributed by atoms with Gasteiger partial charge in [0.2, 0.25) is 0 Å². The number of hydrogen-bond donors (Lipinski definition) is 0. The minimum absolute atomic E-state index is 0.961. The molecule has 0 amide bonds. The minimum atomic E-state index is 0.961. The summed E-state index contributed by atoms with van der Waals surface area (Å²) >= 11 is 0. The van der Waals surface area contributed by atoms with Gasteiger partial charge in [-0.15, -0.1) is 0 Å². The Labute approximate surface area is 55.7 Å². The predicted molar refractivity (Wildman–Crippen MR) is 37.1 cm³/mol. The molecule has 0 atom stereocenters. The van der Waals surface area contributed by atoms with E-state index in [-0.39, 0.29) is 0 Å². The van der Waals surface area contributed by atoms with Gasteiger partial charge in [0.15, 0.2) is 0 Å². The molecule has 0 N–H and O–H groups in total. The molecule has 1 aromatic rings. The third-order valence-corrected chi connectivity index (χ3v) is 0.714. The van der Waals surface area contributed by atoms with E-state index in [4.69, 9.17) is 0 Å². The van der Waals surface area contributed by atoms with Crippen molar-refractivity contribution < 1.29 is 0 Å². The lowest BCUT2D eigenvalue weighted by molar-refractivity contribution is 0.649. The zero-order chi connectivity index (χ0) is 7.28. The van der Waals surface area contributed by atoms with Crippen molar-refractivity contribution in [3.8, 4) is 0 Å². The van der Waals surface area contributed by atoms with Crippen molar-refractivity contribution in [2.24, 2.45) is 7.05 Å². The Morgan fingerprint density at radius 2 is 2.00 bits per heavy atom. The van der Waals surface area contributed by atoms with Crippen molar-refractivity contribution in [1.29, 1.82) is 0 Å². The number of hydrogen-bond acceptors (Lipinski definition) is 2. The summed E-state index contributed by atoms with van der Waals surface area (Å²) in [4.78, 5) is 1.54. The monoisotopic (exact) mass is 127 g/mol. The molecule has 0 saturated carbocycles. The molecule has 0 spiro atoms. The lowest BCUT2D eigenvalue weighted by atomic mass is 10.6. The molecule has 0 bridgehead atoms. The summed E-state index contributed by atoms with van der Waals surface area (Å²) in [7, 11) is 1.80. The standard InChI is InChI=1S/C4H7N3.C2H6/c1-4-3-5-7(2)6-4;1-2/h3H,1-2H3;1-2H3. The predicted octanol–water partition coefficient (Wildman–Crippen LogP) is 1.15. The number of rotatable bonds is 0. The Kier molecular flexibility index (Phi) is 3.67. The Morgan fingerprint density at radius 3 is 2.11 bits per heavy atom. The summed E-state index contributed by atoms with van der Waals surface area (Å²) in [6.45, 7) is 5.91. The fourth-order valence-electron chi connectivity index (χ4n) is 0.447. The molecule has 1 rings (SSSR count). The molecule has 0 unspecified atom stereocenters. The van der Waals surface area contributed by atoms with Gasteiger partial charge in [-0.2, -0.15) is 15.0 Å². The van der Waals surface area contributed by atoms with Crippen LogP contribution in [0.4, 0.5) is 0 Å². The van der Waals surface area contributed by atoms with Crippen LogP contribution in [-0.2, 0) is 7.05 Å². The van der Waals surface area contributed by atoms with Gasteiger partial charge >= 0.3 is 0 Å². The zero-order valence-electron chi connectivity index (χ0n) is 6.42. The lowest BCUT2D eigenvalue weighted by Crippen LogP contribution is -1.90. The molecule has 0 fully saturated rings. The first kappa shape index (κ1) is 8.14. The number of aryl methyl sites for hydroxylation is 2. The summed E-state index contributed by atoms with van der Waals surface area (Å²) in [5.74, 6) is 0. The highest BCUT2D eigenvalue weighted by Crippen LogP contribution is 1.81. The smallest absolute Gasteiger partial charge is 0.0796 e. The van der Waals surface area contributed by atoms with Crippen LogP contribution in [0.2, 0.25) is 0 Å². The first-order chi connectivity index (χ1) is 4.29. The van der Waals surface area contributed by atoms with E-state index in [0.717, 1.165) is 5.69 Å². The second-order valence-electron chi connectivity index (χ2n) is 1.48. The maximum Gasteiger partial charge on any atom is 0.0796 e. The van der Waals surface area contributed by atoms with Crippen LogP contribution in [0.15, 0.2) is 6.20 Å². The quantitative estimate of drug-likeness (QED) is 0.523. The second-order valence-corrected chi connectivity index (χ2v) is 1.48. The van der Waals surface area contributed by atoms with Crippen molar-refractivity contribution in [2.45, 2.75) is 20.8 Å². The molecular formula is C6H13N3. The normalized spacial score (nSPS) is 8.00. The van der Waals surface area contributed by atoms with E-state index in [1.807, 2.05) is 20.8 Å². The molecule has 0 saturated heterocycles. The summed E-state index contributed by atoms with van der Waals surface area (Å²) < 4.78 is 0. The summed E-state index contributed by atoms with van der Waals surface area (Å²) in [6, 6.07) is 0. The van der Waals surface area contributed by atoms with Crippen LogP contribution in [0, 0.1) is 6.92 Å². The first-order valence-electron chi connectivity index (χ1n) is 3.12. The van der Waals surface area contributed by atoms with E-state index in [1.165, 1.54) is 4.80 Å². The van der Waals surface area contributed by atoms with Crippen LogP contribution in [0.3, 0.4) is 0 Å². The van der Waals surface area contributed by atoms with Crippen LogP contribution >= 0.6 is 0 Å². The molecule has 0 aliphatic carbocycles. The molecule has 52 valence electrons. The summed E-state index contributed by atoms with van der Waals surface area (Å²) in [5.41, 5.74) is 0.961. The molecular weight excluding hydrogens is 114 g/mol. The lowest BCUT2D eigenvalue weighted by Gasteiger charge is -1.77. The van der Waals surface area contributed by atoms with Crippen molar-refractivity contribution >= 4 is 0 Å². The fraction of sp³-hybridized carbons (Fsp3) is 0.667. The van der Waals surface area contributed by atoms with Crippen molar-refractivity contribution in [3.05, 3.63) is 11.9 Å². The highest BCUT2D eigenvalue weighted by atomic mass is 15.4. The van der Waals surface area contributed by atoms with Crippen LogP contribution in [0.5, 0.6) is 0 Å². The van der Waals surface area contributed by atoms with Gasteiger partial charge in [0.05, 0.1) is 11.9 Å². The SMILES string of the molecule is CC.Cc1cnn(C)n1. The number of aromatic nitrogens is 3. The maximum absolute atomic E-state index is 3.92. The molecule has 0 aromatic carbocycles. The third kappa shape index (κ3) is 2.85. The zero-order valence-corrected chi connectivity index (χ0v) is 6.42. The Hall–Kier alpha value is -0.860. The summed E-state index contributed by atoms with van der Waals surface area (Å²) in [6.07, 6.45) is 1.72. The van der Waals surface area contributed by atoms with Crippen LogP contribution in [-0.4, -0.2) is 15.0 Å². The van der Waals surface area contributed by atoms with Gasteiger partial charge in [0.1, 0.15) is 0 Å². The van der Waals surface area contributed by atoms with Crippen molar-refractivity contribution in [3.63, 3.8) is 0 Å². The van der Waals surface area contributed by atoms with Gasteiger partial charge < -0.3 is 0 Å². The minimum Gasteiger partial charge on any atom is -0.188 e. The molecule has 1 aromatic heterocycles. The fourth-order valence-corrected chi connectivity index (χ4v) is 0.447. The van der Waals surface area contributed by atoms with Gasteiger partial charge in [-0.25, -0.2) is 0 Å². The van der Waals surface area contributed by atoms with Crippen LogP contribution < -0.4 is 0 Å². The van der Waals surface area contributed by atoms with E-state index in [2.05, 4.69) is 10.2 Å². The average molecular weight is 127 g/mol. The van der Waals surface area contributed by atoms with Crippen LogP contribution in [0.1, 0.15) is 19.5 Å². The maximum atomic E-state index is 3.92. The van der Waals surface area contributed by atoms with E-state index in [0.29, 0.717) is 0 Å². The molecule has 0 radical (unpaired) electrons. The molecule has 9 heavy (non-hydrogen) atoms. The molecule has 3 nitrogen and oxygen atoms in total. The van der Waals surface area contributed by atoms with E-state index in [9.17, 15) is 0 Å². The van der Waals surface area contributed by atoms with Gasteiger partial charge in [-0.3, -0.25) is 0 Å². The van der Waals surface area contributed by atoms with Gasteiger partial charge in [0, 0.05) is 7.05 Å². The van der Waals surface area contributed by atoms with E-state index >= 15 is 0 Å². The average Bonchev–Trinajstić information content (AvgIpc) is 2.20. The van der Waals surface area contributed by atoms with E-state index in [1.54, 1.807) is 13.2 Å². The van der Waals surface area contributed by atoms with E-state index < -0.39 is 0 Å². The molecule has 0 aliphatic rings. The van der Waals surface area contributed by atoms with Crippen molar-refractivity contribution in [1.82, 2.24) is 15.0 Å². The topological polar surface area (TPSA) is 30.7 Å². The Balaban J connectivity index is 0.000000291. The number of nitrogens with zero attached hydrogens (tertiary/aromatic N) is 3. The van der Waals surface area contributed by atoms with Gasteiger partial charge in [-0.05, 0) is 6.92 Å². The molecule has 1 heterocycles. The molecule has 0 aliphatic heterocycles. The van der Waals surface area contributed by atoms with Gasteiger partial charge in [0.25, 0.3) is 0 Å². The summed E-state index contributed by atoms with van der Waals surface area (Å²) in [5, 5.41) is 7.74. The highest BCUT2D eigenvalue weighted by molar-refractivity contribution is 4.84. The van der Waals surface area contributed by atoms with Gasteiger partial charge in [-0.1, -0.05) is 13.8 Å². The highest BCUT2D eigenvalue weighted by Gasteiger charge is 1.83. The largest absolute Gasteiger partial charge is 0.188 e. The van der Waals surface area contributed by atoms with Crippen molar-refractivity contribution in [2.75, 3.05) is 0 Å². The van der Waals surface area contributed by atoms with Crippen LogP contribution in [0.25, 0.3) is 0 Å². The molecule has 3 heteroatoms. The third-order valence-electron chi connectivity index (χ3n) is 0.714.